The van der Waals surface area contributed by atoms with Gasteiger partial charge in [-0.05, 0) is 95.8 Å². The Labute approximate surface area is 422 Å². The summed E-state index contributed by atoms with van der Waals surface area (Å²) in [4.78, 5) is 14.1. The number of thiazole rings is 2. The summed E-state index contributed by atoms with van der Waals surface area (Å²) < 4.78 is 17.1. The number of benzene rings is 6. The third-order valence-electron chi connectivity index (χ3n) is 13.7. The van der Waals surface area contributed by atoms with Gasteiger partial charge in [0.2, 0.25) is 0 Å². The molecule has 0 amide bonds. The number of para-hydroxylation sites is 2. The Balaban J connectivity index is 1.40. The van der Waals surface area contributed by atoms with Crippen molar-refractivity contribution < 1.29 is 9.47 Å². The van der Waals surface area contributed by atoms with Crippen molar-refractivity contribution in [2.75, 3.05) is 13.2 Å². The van der Waals surface area contributed by atoms with E-state index < -0.39 is 6.85 Å². The lowest BCUT2D eigenvalue weighted by molar-refractivity contribution is 0.240. The second-order valence-corrected chi connectivity index (χ2v) is 20.0. The molecule has 6 aromatic carbocycles. The van der Waals surface area contributed by atoms with Crippen LogP contribution in [0.25, 0.3) is 64.9 Å². The lowest BCUT2D eigenvalue weighted by Gasteiger charge is -2.22. The first-order valence-corrected chi connectivity index (χ1v) is 26.2. The molecule has 8 nitrogen and oxygen atoms in total. The number of nitriles is 2. The molecule has 0 saturated heterocycles. The molecule has 11 heteroatoms. The Morgan fingerprint density at radius 3 is 1.48 bits per heavy atom. The average molecular weight is 965 g/mol. The first-order valence-electron chi connectivity index (χ1n) is 24.6. The highest BCUT2D eigenvalue weighted by atomic mass is 32.1. The summed E-state index contributed by atoms with van der Waals surface area (Å²) in [7, 11) is 0. The third-order valence-corrected chi connectivity index (χ3v) is 15.8. The Morgan fingerprint density at radius 1 is 0.563 bits per heavy atom. The van der Waals surface area contributed by atoms with Gasteiger partial charge in [0.05, 0.1) is 50.0 Å². The molecule has 0 aliphatic heterocycles. The number of hydrogen-bond acceptors (Lipinski definition) is 8. The van der Waals surface area contributed by atoms with Crippen molar-refractivity contribution in [1.82, 2.24) is 19.4 Å². The molecule has 0 radical (unpaired) electrons. The van der Waals surface area contributed by atoms with Crippen molar-refractivity contribution in [2.24, 2.45) is 11.8 Å². The Hall–Kier alpha value is -7.70. The fourth-order valence-electron chi connectivity index (χ4n) is 9.55. The Bertz CT molecular complexity index is 3580. The van der Waals surface area contributed by atoms with Crippen LogP contribution in [0.2, 0.25) is 0 Å². The maximum absolute atomic E-state index is 11.8. The van der Waals surface area contributed by atoms with Crippen LogP contribution in [0.3, 0.4) is 0 Å². The number of H-pyrrole nitrogens is 1. The van der Waals surface area contributed by atoms with Crippen molar-refractivity contribution in [3.63, 3.8) is 0 Å². The maximum Gasteiger partial charge on any atom is 0.328 e. The summed E-state index contributed by atoms with van der Waals surface area (Å²) in [5, 5.41) is 27.4. The fourth-order valence-corrected chi connectivity index (χ4v) is 11.5. The van der Waals surface area contributed by atoms with Gasteiger partial charge >= 0.3 is 6.85 Å². The van der Waals surface area contributed by atoms with E-state index in [0.29, 0.717) is 56.9 Å². The fraction of sp³-hybridized carbons (Fsp3) is 0.200. The van der Waals surface area contributed by atoms with Crippen molar-refractivity contribution in [3.8, 4) is 46.2 Å². The van der Waals surface area contributed by atoms with Crippen molar-refractivity contribution in [3.05, 3.63) is 178 Å². The smallest absolute Gasteiger partial charge is 0.328 e. The van der Waals surface area contributed by atoms with E-state index in [1.54, 1.807) is 0 Å². The predicted molar refractivity (Wildman–Crippen MR) is 294 cm³/mol. The van der Waals surface area contributed by atoms with E-state index in [1.165, 1.54) is 22.7 Å². The first-order chi connectivity index (χ1) is 34.9. The normalized spacial score (nSPS) is 12.4. The number of nitrogens with zero attached hydrogens (tertiary/aromatic N) is 5. The molecule has 4 aromatic heterocycles. The van der Waals surface area contributed by atoms with Crippen LogP contribution in [-0.2, 0) is 0 Å². The molecule has 0 atom stereocenters. The van der Waals surface area contributed by atoms with E-state index >= 15 is 0 Å². The molecular weight excluding hydrogens is 912 g/mol. The minimum Gasteiger partial charge on any atom is -0.493 e. The molecule has 10 rings (SSSR count). The van der Waals surface area contributed by atoms with Gasteiger partial charge in [-0.1, -0.05) is 149 Å². The third kappa shape index (κ3) is 9.27. The second kappa shape index (κ2) is 21.1. The molecule has 0 bridgehead atoms. The minimum absolute atomic E-state index is 0.400. The molecule has 0 fully saturated rings. The summed E-state index contributed by atoms with van der Waals surface area (Å²) >= 11 is 2.99. The van der Waals surface area contributed by atoms with Crippen molar-refractivity contribution >= 4 is 82.8 Å². The summed E-state index contributed by atoms with van der Waals surface area (Å²) in [6.45, 7) is 9.61. The van der Waals surface area contributed by atoms with Crippen LogP contribution >= 0.6 is 22.7 Å². The van der Waals surface area contributed by atoms with Crippen LogP contribution in [-0.4, -0.2) is 39.5 Å². The van der Waals surface area contributed by atoms with Crippen LogP contribution in [0.15, 0.2) is 158 Å². The summed E-state index contributed by atoms with van der Waals surface area (Å²) in [5.41, 5.74) is 7.82. The quantitative estimate of drug-likeness (QED) is 0.0910. The van der Waals surface area contributed by atoms with Gasteiger partial charge in [0.25, 0.3) is 0 Å². The highest BCUT2D eigenvalue weighted by molar-refractivity contribution is 7.20. The number of hydrogen-bond donors (Lipinski definition) is 1. The van der Waals surface area contributed by atoms with Gasteiger partial charge in [-0.3, -0.25) is 0 Å². The van der Waals surface area contributed by atoms with Crippen molar-refractivity contribution in [2.45, 2.75) is 53.4 Å². The molecule has 350 valence electrons. The monoisotopic (exact) mass is 964 g/mol. The van der Waals surface area contributed by atoms with E-state index in [0.717, 1.165) is 102 Å². The van der Waals surface area contributed by atoms with Crippen LogP contribution < -0.4 is 31.1 Å². The molecule has 4 heterocycles. The number of ether oxygens (including phenoxy) is 2. The molecule has 71 heavy (non-hydrogen) atoms. The number of rotatable bonds is 17. The van der Waals surface area contributed by atoms with Gasteiger partial charge in [-0.15, -0.1) is 22.7 Å². The molecule has 0 spiro atoms. The standard InChI is InChI=1S/C60H53BN6O2S2/c1-5-39(6-2)37-68-45-31-27-41(28-32-45)55-53-54(56(66-55)47(35-62)59-64-49-23-15-17-25-51(49)70-59)57(42-29-33-46(34-30-42)69-38-40(7-3)8-4)67(61(43-19-11-9-12-20-43)44-21-13-10-14-22-44)58(53)48(36-63)60-65-50-24-16-18-26-52(50)71-60/h9-34,39-40,66H,5-8,37-38H2,1-4H3/b56-47-,58-48-. The van der Waals surface area contributed by atoms with E-state index in [9.17, 15) is 10.5 Å². The highest BCUT2D eigenvalue weighted by Crippen LogP contribution is 2.37. The van der Waals surface area contributed by atoms with Gasteiger partial charge < -0.3 is 18.9 Å². The lowest BCUT2D eigenvalue weighted by atomic mass is 9.50. The summed E-state index contributed by atoms with van der Waals surface area (Å²) in [6.07, 6.45) is 4.15. The minimum atomic E-state index is -0.451. The molecule has 10 aromatic rings. The van der Waals surface area contributed by atoms with Gasteiger partial charge in [-0.25, -0.2) is 9.97 Å². The molecule has 0 aliphatic carbocycles. The molecule has 0 saturated carbocycles. The van der Waals surface area contributed by atoms with Gasteiger partial charge in [0, 0.05) is 16.5 Å². The number of aromatic amines is 1. The first kappa shape index (κ1) is 47.0. The largest absolute Gasteiger partial charge is 0.493 e. The SMILES string of the molecule is CCC(CC)COc1ccc(-c2[nH]/c(=C(/C#N)c3nc4ccccc4s3)c3c(-c4ccc(OCC(CC)CC)cc4)n(B(c4ccccc4)c4ccccc4)/c(=C(/C#N)c4nc5ccccc5s4)c23)cc1. The highest BCUT2D eigenvalue weighted by Gasteiger charge is 2.33. The maximum atomic E-state index is 11.8. The summed E-state index contributed by atoms with van der Waals surface area (Å²) in [6, 6.07) is 58.8. The molecule has 1 N–H and O–H groups in total. The number of fused-ring (bicyclic) bond motifs is 3. The predicted octanol–water partition coefficient (Wildman–Crippen LogP) is 12.3. The zero-order valence-electron chi connectivity index (χ0n) is 40.4. The lowest BCUT2D eigenvalue weighted by Crippen LogP contribution is -2.53. The van der Waals surface area contributed by atoms with E-state index in [4.69, 9.17) is 19.4 Å². The van der Waals surface area contributed by atoms with Crippen molar-refractivity contribution in [1.29, 1.82) is 10.5 Å². The topological polar surface area (TPSA) is 113 Å². The zero-order valence-corrected chi connectivity index (χ0v) is 42.0. The van der Waals surface area contributed by atoms with E-state index in [2.05, 4.69) is 122 Å². The number of aromatic nitrogens is 4. The second-order valence-electron chi connectivity index (χ2n) is 17.9. The van der Waals surface area contributed by atoms with Gasteiger partial charge in [-0.2, -0.15) is 10.5 Å². The van der Waals surface area contributed by atoms with Crippen LogP contribution in [0.4, 0.5) is 0 Å². The molecule has 0 aliphatic rings. The average Bonchev–Trinajstić information content (AvgIpc) is 4.22. The van der Waals surface area contributed by atoms with E-state index in [1.807, 2.05) is 84.9 Å². The molecule has 0 unspecified atom stereocenters. The van der Waals surface area contributed by atoms with Crippen LogP contribution in [0.1, 0.15) is 63.4 Å². The molecular formula is C60H53BN6O2S2. The van der Waals surface area contributed by atoms with Gasteiger partial charge in [0.15, 0.2) is 0 Å². The Kier molecular flexibility index (Phi) is 14.0. The zero-order chi connectivity index (χ0) is 48.8. The van der Waals surface area contributed by atoms with Crippen LogP contribution in [0.5, 0.6) is 11.5 Å². The summed E-state index contributed by atoms with van der Waals surface area (Å²) in [5.74, 6) is 2.46. The van der Waals surface area contributed by atoms with Crippen LogP contribution in [0, 0.1) is 34.5 Å². The van der Waals surface area contributed by atoms with E-state index in [-0.39, 0.29) is 0 Å². The number of nitrogens with one attached hydrogen (secondary N) is 1. The van der Waals surface area contributed by atoms with Gasteiger partial charge in [0.1, 0.15) is 44.8 Å². The Morgan fingerprint density at radius 2 is 1.01 bits per heavy atom.